The van der Waals surface area contributed by atoms with Gasteiger partial charge in [-0.3, -0.25) is 9.59 Å². The molecule has 6 heteroatoms. The number of anilines is 1. The number of carbonyl (C=O) groups excluding carboxylic acids is 1. The molecule has 0 aliphatic carbocycles. The van der Waals surface area contributed by atoms with Gasteiger partial charge in [0.2, 0.25) is 0 Å². The lowest BCUT2D eigenvalue weighted by Gasteiger charge is -2.06. The molecule has 1 heterocycles. The standard InChI is InChI=1S/C14H13ClN2O3/c1-17-8-10(15)7-12(17)14(20)16-11-4-2-9(3-5-11)6-13(18)19/h2-5,7-8H,6H2,1H3,(H,16,20)(H,18,19). The summed E-state index contributed by atoms with van der Waals surface area (Å²) in [5.74, 6) is -1.16. The summed E-state index contributed by atoms with van der Waals surface area (Å²) in [6.45, 7) is 0. The first kappa shape index (κ1) is 14.1. The Morgan fingerprint density at radius 1 is 1.30 bits per heavy atom. The molecule has 0 spiro atoms. The molecule has 5 nitrogen and oxygen atoms in total. The molecule has 0 aliphatic rings. The highest BCUT2D eigenvalue weighted by molar-refractivity contribution is 6.31. The van der Waals surface area contributed by atoms with Gasteiger partial charge in [0.05, 0.1) is 11.4 Å². The number of carboxylic acid groups (broad SMARTS) is 1. The van der Waals surface area contributed by atoms with Crippen LogP contribution in [0.4, 0.5) is 5.69 Å². The monoisotopic (exact) mass is 292 g/mol. The van der Waals surface area contributed by atoms with E-state index in [2.05, 4.69) is 5.32 Å². The Labute approximate surface area is 120 Å². The lowest BCUT2D eigenvalue weighted by molar-refractivity contribution is -0.136. The number of nitrogens with zero attached hydrogens (tertiary/aromatic N) is 1. The van der Waals surface area contributed by atoms with Crippen LogP contribution in [0, 0.1) is 0 Å². The summed E-state index contributed by atoms with van der Waals surface area (Å²) < 4.78 is 1.64. The Bertz CT molecular complexity index is 647. The number of halogens is 1. The van der Waals surface area contributed by atoms with Gasteiger partial charge in [-0.15, -0.1) is 0 Å². The zero-order valence-corrected chi connectivity index (χ0v) is 11.5. The number of aryl methyl sites for hydroxylation is 1. The number of benzene rings is 1. The normalized spacial score (nSPS) is 10.3. The third-order valence-corrected chi connectivity index (χ3v) is 2.98. The van der Waals surface area contributed by atoms with Crippen LogP contribution in [0.1, 0.15) is 16.1 Å². The molecular formula is C14H13ClN2O3. The molecular weight excluding hydrogens is 280 g/mol. The lowest BCUT2D eigenvalue weighted by atomic mass is 10.1. The Kier molecular flexibility index (Phi) is 4.10. The fraction of sp³-hybridized carbons (Fsp3) is 0.143. The topological polar surface area (TPSA) is 71.3 Å². The minimum absolute atomic E-state index is 0.0400. The van der Waals surface area contributed by atoms with Gasteiger partial charge in [-0.05, 0) is 23.8 Å². The van der Waals surface area contributed by atoms with Crippen LogP contribution in [-0.4, -0.2) is 21.6 Å². The quantitative estimate of drug-likeness (QED) is 0.910. The van der Waals surface area contributed by atoms with Gasteiger partial charge in [-0.2, -0.15) is 0 Å². The van der Waals surface area contributed by atoms with Crippen molar-refractivity contribution >= 4 is 29.2 Å². The van der Waals surface area contributed by atoms with Crippen LogP contribution >= 0.6 is 11.6 Å². The number of aromatic nitrogens is 1. The molecule has 0 fully saturated rings. The van der Waals surface area contributed by atoms with Gasteiger partial charge in [-0.1, -0.05) is 23.7 Å². The number of hydrogen-bond acceptors (Lipinski definition) is 2. The van der Waals surface area contributed by atoms with E-state index in [-0.39, 0.29) is 12.3 Å². The third kappa shape index (κ3) is 3.39. The fourth-order valence-corrected chi connectivity index (χ4v) is 2.08. The molecule has 104 valence electrons. The number of nitrogens with one attached hydrogen (secondary N) is 1. The van der Waals surface area contributed by atoms with Crippen molar-refractivity contribution < 1.29 is 14.7 Å². The van der Waals surface area contributed by atoms with E-state index in [0.717, 1.165) is 0 Å². The van der Waals surface area contributed by atoms with Crippen molar-refractivity contribution in [3.05, 3.63) is 52.8 Å². The summed E-state index contributed by atoms with van der Waals surface area (Å²) in [7, 11) is 1.73. The van der Waals surface area contributed by atoms with Crippen LogP contribution in [-0.2, 0) is 18.3 Å². The van der Waals surface area contributed by atoms with Gasteiger partial charge in [0.15, 0.2) is 0 Å². The van der Waals surface area contributed by atoms with Gasteiger partial charge < -0.3 is 15.0 Å². The highest BCUT2D eigenvalue weighted by atomic mass is 35.5. The maximum Gasteiger partial charge on any atom is 0.307 e. The Balaban J connectivity index is 2.08. The molecule has 0 unspecified atom stereocenters. The van der Waals surface area contributed by atoms with Crippen molar-refractivity contribution in [2.45, 2.75) is 6.42 Å². The molecule has 1 amide bonds. The second-order valence-corrected chi connectivity index (χ2v) is 4.81. The average Bonchev–Trinajstić information content (AvgIpc) is 2.70. The zero-order chi connectivity index (χ0) is 14.7. The largest absolute Gasteiger partial charge is 0.481 e. The first-order valence-electron chi connectivity index (χ1n) is 5.89. The Hall–Kier alpha value is -2.27. The molecule has 0 bridgehead atoms. The van der Waals surface area contributed by atoms with E-state index in [9.17, 15) is 9.59 Å². The van der Waals surface area contributed by atoms with E-state index in [1.54, 1.807) is 48.1 Å². The van der Waals surface area contributed by atoms with Gasteiger partial charge in [0, 0.05) is 18.9 Å². The van der Waals surface area contributed by atoms with Gasteiger partial charge in [-0.25, -0.2) is 0 Å². The summed E-state index contributed by atoms with van der Waals surface area (Å²) in [5.41, 5.74) is 1.73. The molecule has 2 aromatic rings. The van der Waals surface area contributed by atoms with E-state index < -0.39 is 5.97 Å². The van der Waals surface area contributed by atoms with Crippen molar-refractivity contribution in [3.8, 4) is 0 Å². The van der Waals surface area contributed by atoms with Crippen LogP contribution < -0.4 is 5.32 Å². The molecule has 1 aromatic carbocycles. The predicted molar refractivity (Wildman–Crippen MR) is 76.2 cm³/mol. The Morgan fingerprint density at radius 2 is 1.95 bits per heavy atom. The summed E-state index contributed by atoms with van der Waals surface area (Å²) in [4.78, 5) is 22.6. The number of rotatable bonds is 4. The molecule has 20 heavy (non-hydrogen) atoms. The van der Waals surface area contributed by atoms with Crippen LogP contribution in [0.3, 0.4) is 0 Å². The molecule has 2 N–H and O–H groups in total. The maximum atomic E-state index is 12.0. The molecule has 0 saturated carbocycles. The minimum Gasteiger partial charge on any atom is -0.481 e. The first-order chi connectivity index (χ1) is 9.45. The van der Waals surface area contributed by atoms with Crippen LogP contribution in [0.25, 0.3) is 0 Å². The first-order valence-corrected chi connectivity index (χ1v) is 6.27. The van der Waals surface area contributed by atoms with Crippen molar-refractivity contribution in [2.75, 3.05) is 5.32 Å². The van der Waals surface area contributed by atoms with Gasteiger partial charge in [0.25, 0.3) is 5.91 Å². The second-order valence-electron chi connectivity index (χ2n) is 4.38. The minimum atomic E-state index is -0.889. The van der Waals surface area contributed by atoms with E-state index in [0.29, 0.717) is 22.0 Å². The summed E-state index contributed by atoms with van der Waals surface area (Å²) in [6, 6.07) is 8.25. The zero-order valence-electron chi connectivity index (χ0n) is 10.8. The second kappa shape index (κ2) is 5.79. The maximum absolute atomic E-state index is 12.0. The molecule has 2 rings (SSSR count). The van der Waals surface area contributed by atoms with Crippen molar-refractivity contribution in [3.63, 3.8) is 0 Å². The highest BCUT2D eigenvalue weighted by Gasteiger charge is 2.11. The van der Waals surface area contributed by atoms with Gasteiger partial charge in [0.1, 0.15) is 5.69 Å². The van der Waals surface area contributed by atoms with Crippen molar-refractivity contribution in [2.24, 2.45) is 7.05 Å². The lowest BCUT2D eigenvalue weighted by Crippen LogP contribution is -2.15. The summed E-state index contributed by atoms with van der Waals surface area (Å²) >= 11 is 5.83. The highest BCUT2D eigenvalue weighted by Crippen LogP contribution is 2.15. The van der Waals surface area contributed by atoms with Crippen LogP contribution in [0.2, 0.25) is 5.02 Å². The summed E-state index contributed by atoms with van der Waals surface area (Å²) in [6.07, 6.45) is 1.61. The van der Waals surface area contributed by atoms with E-state index >= 15 is 0 Å². The molecule has 0 atom stereocenters. The fourth-order valence-electron chi connectivity index (χ4n) is 1.83. The molecule has 0 aliphatic heterocycles. The van der Waals surface area contributed by atoms with Crippen LogP contribution in [0.15, 0.2) is 36.5 Å². The SMILES string of the molecule is Cn1cc(Cl)cc1C(=O)Nc1ccc(CC(=O)O)cc1. The number of carboxylic acids is 1. The molecule has 0 radical (unpaired) electrons. The smallest absolute Gasteiger partial charge is 0.307 e. The molecule has 0 saturated heterocycles. The van der Waals surface area contributed by atoms with E-state index in [4.69, 9.17) is 16.7 Å². The average molecular weight is 293 g/mol. The van der Waals surface area contributed by atoms with Crippen molar-refractivity contribution in [1.29, 1.82) is 0 Å². The molecule has 1 aromatic heterocycles. The van der Waals surface area contributed by atoms with Crippen molar-refractivity contribution in [1.82, 2.24) is 4.57 Å². The van der Waals surface area contributed by atoms with E-state index in [1.807, 2.05) is 0 Å². The number of aliphatic carboxylic acids is 1. The number of amides is 1. The van der Waals surface area contributed by atoms with Crippen LogP contribution in [0.5, 0.6) is 0 Å². The number of carbonyl (C=O) groups is 2. The Morgan fingerprint density at radius 3 is 2.45 bits per heavy atom. The summed E-state index contributed by atoms with van der Waals surface area (Å²) in [5, 5.41) is 11.9. The number of hydrogen-bond donors (Lipinski definition) is 2. The van der Waals surface area contributed by atoms with Gasteiger partial charge >= 0.3 is 5.97 Å². The van der Waals surface area contributed by atoms with E-state index in [1.165, 1.54) is 0 Å². The predicted octanol–water partition coefficient (Wildman–Crippen LogP) is 2.56. The third-order valence-electron chi connectivity index (χ3n) is 2.77.